The summed E-state index contributed by atoms with van der Waals surface area (Å²) in [6.45, 7) is 10.9. The molecule has 0 saturated carbocycles. The minimum absolute atomic E-state index is 0.229. The lowest BCUT2D eigenvalue weighted by molar-refractivity contribution is 0.216. The van der Waals surface area contributed by atoms with Crippen molar-refractivity contribution in [3.05, 3.63) is 54.2 Å². The van der Waals surface area contributed by atoms with Crippen LogP contribution >= 0.6 is 0 Å². The molecule has 0 aliphatic heterocycles. The Morgan fingerprint density at radius 2 is 1.75 bits per heavy atom. The number of hydrogen-bond donors (Lipinski definition) is 1. The van der Waals surface area contributed by atoms with Crippen LogP contribution in [0.15, 0.2) is 48.7 Å². The van der Waals surface area contributed by atoms with Gasteiger partial charge in [-0.15, -0.1) is 10.2 Å². The van der Waals surface area contributed by atoms with E-state index in [4.69, 9.17) is 9.47 Å². The molecule has 0 bridgehead atoms. The number of nitrogens with one attached hydrogen (secondary N) is 1. The second-order valence-electron chi connectivity index (χ2n) is 9.19. The molecule has 2 aromatic carbocycles. The molecule has 0 radical (unpaired) electrons. The summed E-state index contributed by atoms with van der Waals surface area (Å²) >= 11 is 0. The van der Waals surface area contributed by atoms with Gasteiger partial charge in [-0.3, -0.25) is 0 Å². The van der Waals surface area contributed by atoms with Gasteiger partial charge >= 0.3 is 0 Å². The van der Waals surface area contributed by atoms with Gasteiger partial charge in [0.05, 0.1) is 0 Å². The van der Waals surface area contributed by atoms with E-state index in [0.29, 0.717) is 19.0 Å². The van der Waals surface area contributed by atoms with E-state index in [9.17, 15) is 0 Å². The van der Waals surface area contributed by atoms with Crippen LogP contribution in [-0.4, -0.2) is 38.4 Å². The summed E-state index contributed by atoms with van der Waals surface area (Å²) in [5.41, 5.74) is 3.67. The fourth-order valence-electron chi connectivity index (χ4n) is 3.90. The minimum atomic E-state index is 0.229. The first-order valence-corrected chi connectivity index (χ1v) is 11.1. The fourth-order valence-corrected chi connectivity index (χ4v) is 3.90. The maximum absolute atomic E-state index is 6.15. The van der Waals surface area contributed by atoms with Crippen molar-refractivity contribution in [2.24, 2.45) is 5.41 Å². The summed E-state index contributed by atoms with van der Waals surface area (Å²) in [4.78, 5) is 0. The third-order valence-electron chi connectivity index (χ3n) is 5.23. The van der Waals surface area contributed by atoms with E-state index in [1.54, 1.807) is 0 Å². The van der Waals surface area contributed by atoms with Crippen molar-refractivity contribution < 1.29 is 9.47 Å². The standard InChI is InChI=1S/C25H31N5O2/c1-5-6-21-20-13-14-30(17-25(2,3)4)22(20)11-12-23(21)32-16-15-31-19-9-7-18(8-10-19)24-26-28-29-27-24/h7-14H,5-6,15-17H2,1-4H3,(H,26,27,28,29). The maximum atomic E-state index is 6.15. The molecule has 0 amide bonds. The Morgan fingerprint density at radius 3 is 2.44 bits per heavy atom. The lowest BCUT2D eigenvalue weighted by Crippen LogP contribution is -2.14. The van der Waals surface area contributed by atoms with Crippen LogP contribution in [0.1, 0.15) is 39.7 Å². The summed E-state index contributed by atoms with van der Waals surface area (Å²) in [6, 6.07) is 14.1. The first-order valence-electron chi connectivity index (χ1n) is 11.1. The molecule has 0 atom stereocenters. The van der Waals surface area contributed by atoms with E-state index in [1.165, 1.54) is 16.5 Å². The van der Waals surface area contributed by atoms with Crippen molar-refractivity contribution >= 4 is 10.9 Å². The Hall–Kier alpha value is -3.35. The number of aromatic amines is 1. The van der Waals surface area contributed by atoms with Crippen LogP contribution in [0.5, 0.6) is 11.5 Å². The average Bonchev–Trinajstić information content (AvgIpc) is 3.43. The zero-order chi connectivity index (χ0) is 22.6. The number of H-pyrrole nitrogens is 1. The Morgan fingerprint density at radius 1 is 0.969 bits per heavy atom. The van der Waals surface area contributed by atoms with Gasteiger partial charge in [-0.25, -0.2) is 0 Å². The van der Waals surface area contributed by atoms with Gasteiger partial charge in [-0.05, 0) is 59.5 Å². The summed E-state index contributed by atoms with van der Waals surface area (Å²) < 4.78 is 14.3. The van der Waals surface area contributed by atoms with E-state index >= 15 is 0 Å². The molecule has 7 nitrogen and oxygen atoms in total. The van der Waals surface area contributed by atoms with Crippen molar-refractivity contribution in [1.29, 1.82) is 0 Å². The molecule has 2 heterocycles. The van der Waals surface area contributed by atoms with Crippen LogP contribution < -0.4 is 9.47 Å². The van der Waals surface area contributed by atoms with Gasteiger partial charge < -0.3 is 14.0 Å². The summed E-state index contributed by atoms with van der Waals surface area (Å²) in [6.07, 6.45) is 4.26. The lowest BCUT2D eigenvalue weighted by atomic mass is 9.97. The van der Waals surface area contributed by atoms with Crippen LogP contribution in [0.25, 0.3) is 22.3 Å². The highest BCUT2D eigenvalue weighted by molar-refractivity contribution is 5.86. The second-order valence-corrected chi connectivity index (χ2v) is 9.19. The van der Waals surface area contributed by atoms with Crippen LogP contribution in [-0.2, 0) is 13.0 Å². The predicted molar refractivity (Wildman–Crippen MR) is 126 cm³/mol. The van der Waals surface area contributed by atoms with Crippen molar-refractivity contribution in [3.8, 4) is 22.9 Å². The summed E-state index contributed by atoms with van der Waals surface area (Å²) in [5.74, 6) is 2.29. The van der Waals surface area contributed by atoms with Crippen LogP contribution in [0.2, 0.25) is 0 Å². The molecule has 0 aliphatic rings. The Bertz CT molecular complexity index is 1140. The van der Waals surface area contributed by atoms with E-state index < -0.39 is 0 Å². The van der Waals surface area contributed by atoms with Crippen LogP contribution in [0.3, 0.4) is 0 Å². The molecule has 0 aliphatic carbocycles. The molecule has 4 rings (SSSR count). The Kier molecular flexibility index (Phi) is 6.44. The highest BCUT2D eigenvalue weighted by Gasteiger charge is 2.16. The van der Waals surface area contributed by atoms with Gasteiger partial charge in [0.15, 0.2) is 0 Å². The van der Waals surface area contributed by atoms with Gasteiger partial charge in [0.2, 0.25) is 5.82 Å². The number of hydrogen-bond acceptors (Lipinski definition) is 5. The largest absolute Gasteiger partial charge is 0.490 e. The number of rotatable bonds is 9. The van der Waals surface area contributed by atoms with E-state index in [1.807, 2.05) is 24.3 Å². The minimum Gasteiger partial charge on any atom is -0.490 e. The quantitative estimate of drug-likeness (QED) is 0.364. The van der Waals surface area contributed by atoms with Gasteiger partial charge in [0.1, 0.15) is 24.7 Å². The van der Waals surface area contributed by atoms with Crippen molar-refractivity contribution in [3.63, 3.8) is 0 Å². The van der Waals surface area contributed by atoms with Crippen molar-refractivity contribution in [2.75, 3.05) is 13.2 Å². The highest BCUT2D eigenvalue weighted by atomic mass is 16.5. The Labute approximate surface area is 188 Å². The molecular weight excluding hydrogens is 402 g/mol. The molecule has 0 saturated heterocycles. The fraction of sp³-hybridized carbons (Fsp3) is 0.400. The molecule has 1 N–H and O–H groups in total. The summed E-state index contributed by atoms with van der Waals surface area (Å²) in [7, 11) is 0. The van der Waals surface area contributed by atoms with Crippen LogP contribution in [0.4, 0.5) is 0 Å². The second kappa shape index (κ2) is 9.42. The van der Waals surface area contributed by atoms with Crippen molar-refractivity contribution in [1.82, 2.24) is 25.2 Å². The van der Waals surface area contributed by atoms with Crippen molar-refractivity contribution in [2.45, 2.75) is 47.1 Å². The number of tetrazole rings is 1. The number of ether oxygens (including phenoxy) is 2. The lowest BCUT2D eigenvalue weighted by Gasteiger charge is -2.20. The van der Waals surface area contributed by atoms with E-state index in [0.717, 1.165) is 36.4 Å². The SMILES string of the molecule is CCCc1c(OCCOc2ccc(-c3nn[nH]n3)cc2)ccc2c1ccn2CC(C)(C)C. The monoisotopic (exact) mass is 433 g/mol. The number of nitrogens with zero attached hydrogens (tertiary/aromatic N) is 4. The van der Waals surface area contributed by atoms with Gasteiger partial charge in [-0.1, -0.05) is 34.1 Å². The van der Waals surface area contributed by atoms with E-state index in [-0.39, 0.29) is 5.41 Å². The summed E-state index contributed by atoms with van der Waals surface area (Å²) in [5, 5.41) is 15.3. The topological polar surface area (TPSA) is 77.8 Å². The molecular formula is C25H31N5O2. The molecule has 7 heteroatoms. The number of aromatic nitrogens is 5. The Balaban J connectivity index is 1.40. The first kappa shape index (κ1) is 21.9. The number of aryl methyl sites for hydroxylation is 1. The smallest absolute Gasteiger partial charge is 0.204 e. The molecule has 32 heavy (non-hydrogen) atoms. The molecule has 0 unspecified atom stereocenters. The predicted octanol–water partition coefficient (Wildman–Crippen LogP) is 5.28. The third kappa shape index (κ3) is 5.10. The zero-order valence-corrected chi connectivity index (χ0v) is 19.3. The average molecular weight is 434 g/mol. The highest BCUT2D eigenvalue weighted by Crippen LogP contribution is 2.32. The molecule has 2 aromatic heterocycles. The molecule has 0 fully saturated rings. The van der Waals surface area contributed by atoms with Gasteiger partial charge in [-0.2, -0.15) is 5.21 Å². The maximum Gasteiger partial charge on any atom is 0.204 e. The van der Waals surface area contributed by atoms with E-state index in [2.05, 4.69) is 77.3 Å². The third-order valence-corrected chi connectivity index (χ3v) is 5.23. The first-order chi connectivity index (χ1) is 15.4. The van der Waals surface area contributed by atoms with Gasteiger partial charge in [0.25, 0.3) is 0 Å². The molecule has 168 valence electrons. The zero-order valence-electron chi connectivity index (χ0n) is 19.3. The number of benzene rings is 2. The van der Waals surface area contributed by atoms with Gasteiger partial charge in [0, 0.05) is 34.8 Å². The normalized spacial score (nSPS) is 11.8. The molecule has 0 spiro atoms. The molecule has 4 aromatic rings. The van der Waals surface area contributed by atoms with Crippen LogP contribution in [0, 0.1) is 5.41 Å². The number of fused-ring (bicyclic) bond motifs is 1.